The number of carboxylic acids is 1. The van der Waals surface area contributed by atoms with Gasteiger partial charge < -0.3 is 10.2 Å². The van der Waals surface area contributed by atoms with Gasteiger partial charge in [-0.15, -0.1) is 5.10 Å². The van der Waals surface area contributed by atoms with Crippen molar-refractivity contribution in [3.8, 4) is 0 Å². The minimum absolute atomic E-state index is 0. The summed E-state index contributed by atoms with van der Waals surface area (Å²) in [6.45, 7) is 2.68. The molecule has 8 nitrogen and oxygen atoms in total. The maximum Gasteiger partial charge on any atom is 1.00 e. The fourth-order valence-corrected chi connectivity index (χ4v) is 1.21. The van der Waals surface area contributed by atoms with E-state index >= 15 is 0 Å². The average molecular weight is 287 g/mol. The number of nitro benzene ring substituents is 1. The molecule has 20 heavy (non-hydrogen) atoms. The number of aryl methyl sites for hydroxylation is 1. The minimum atomic E-state index is -1.28. The molecule has 0 saturated carbocycles. The van der Waals surface area contributed by atoms with Gasteiger partial charge in [-0.25, -0.2) is 4.79 Å². The third-order valence-corrected chi connectivity index (χ3v) is 2.24. The number of rotatable bonds is 4. The Morgan fingerprint density at radius 2 is 1.95 bits per heavy atom. The normalized spacial score (nSPS) is 11.7. The molecule has 100 valence electrons. The van der Waals surface area contributed by atoms with Crippen molar-refractivity contribution >= 4 is 23.3 Å². The van der Waals surface area contributed by atoms with Gasteiger partial charge in [-0.2, -0.15) is 5.10 Å². The predicted octanol–water partition coefficient (Wildman–Crippen LogP) is -2.53. The number of hydrogen-bond donors (Lipinski definition) is 1. The van der Waals surface area contributed by atoms with Crippen molar-refractivity contribution in [2.24, 2.45) is 10.2 Å². The second kappa shape index (κ2) is 7.73. The zero-order valence-corrected chi connectivity index (χ0v) is 13.2. The second-order valence-corrected chi connectivity index (χ2v) is 3.65. The Balaban J connectivity index is 0.00000361. The molecule has 0 radical (unpaired) electrons. The molecule has 0 bridgehead atoms. The molecule has 1 N–H and O–H groups in total. The van der Waals surface area contributed by atoms with Crippen molar-refractivity contribution in [1.82, 2.24) is 0 Å². The van der Waals surface area contributed by atoms with E-state index in [-0.39, 0.29) is 46.5 Å². The van der Waals surface area contributed by atoms with E-state index in [1.165, 1.54) is 32.0 Å². The quantitative estimate of drug-likeness (QED) is 0.215. The van der Waals surface area contributed by atoms with Crippen LogP contribution >= 0.6 is 0 Å². The molecule has 1 aromatic carbocycles. The molecule has 0 unspecified atom stereocenters. The zero-order valence-electron chi connectivity index (χ0n) is 11.2. The van der Waals surface area contributed by atoms with Crippen molar-refractivity contribution in [2.75, 3.05) is 0 Å². The van der Waals surface area contributed by atoms with Crippen LogP contribution in [0.1, 0.15) is 18.1 Å². The van der Waals surface area contributed by atoms with Gasteiger partial charge in [-0.05, 0) is 31.5 Å². The smallest absolute Gasteiger partial charge is 0.857 e. The van der Waals surface area contributed by atoms with Crippen molar-refractivity contribution in [1.29, 1.82) is 0 Å². The van der Waals surface area contributed by atoms with Crippen LogP contribution in [0.25, 0.3) is 0 Å². The molecule has 0 aliphatic rings. The molecule has 0 fully saturated rings. The van der Waals surface area contributed by atoms with Crippen LogP contribution in [0.4, 0.5) is 5.69 Å². The van der Waals surface area contributed by atoms with Crippen LogP contribution in [0.3, 0.4) is 0 Å². The number of nitro groups is 1. The van der Waals surface area contributed by atoms with Crippen LogP contribution in [-0.4, -0.2) is 27.6 Å². The molecule has 0 saturated heterocycles. The van der Waals surface area contributed by atoms with E-state index in [1.807, 2.05) is 0 Å². The molecule has 0 aromatic heterocycles. The first kappa shape index (κ1) is 18.2. The number of carbonyl (C=O) groups is 1. The Morgan fingerprint density at radius 1 is 1.35 bits per heavy atom. The maximum absolute atomic E-state index is 11.6. The van der Waals surface area contributed by atoms with E-state index < -0.39 is 16.8 Å². The summed E-state index contributed by atoms with van der Waals surface area (Å²) in [5.41, 5.74) is -0.0243. The fourth-order valence-electron chi connectivity index (χ4n) is 1.21. The molecule has 9 heteroatoms. The standard InChI is InChI=1S/C11H11N3O5.Na/c1-6-5-8(3-4-9(6)14(18)19)10(15)13-12-7(2)11(16)17;/h3-5H,1-2H3,(H,13,15)(H,16,17);/q;+1/p-1/b12-7+;. The van der Waals surface area contributed by atoms with Crippen molar-refractivity contribution < 1.29 is 49.5 Å². The molecule has 1 rings (SSSR count). The molecule has 0 atom stereocenters. The van der Waals surface area contributed by atoms with Crippen LogP contribution < -0.4 is 34.7 Å². The molecule has 0 aliphatic carbocycles. The predicted molar refractivity (Wildman–Crippen MR) is 65.1 cm³/mol. The first-order chi connectivity index (χ1) is 8.82. The van der Waals surface area contributed by atoms with Gasteiger partial charge in [0.15, 0.2) is 0 Å². The van der Waals surface area contributed by atoms with Crippen LogP contribution in [0.5, 0.6) is 0 Å². The fraction of sp³-hybridized carbons (Fsp3) is 0.182. The average Bonchev–Trinajstić information content (AvgIpc) is 2.34. The van der Waals surface area contributed by atoms with Crippen LogP contribution in [0, 0.1) is 17.0 Å². The van der Waals surface area contributed by atoms with Crippen molar-refractivity contribution in [3.63, 3.8) is 0 Å². The third kappa shape index (κ3) is 4.72. The Labute approximate surface area is 136 Å². The number of carboxylic acid groups (broad SMARTS) is 1. The van der Waals surface area contributed by atoms with Gasteiger partial charge in [0.2, 0.25) is 0 Å². The number of nitrogens with zero attached hydrogens (tertiary/aromatic N) is 3. The van der Waals surface area contributed by atoms with E-state index in [1.54, 1.807) is 0 Å². The third-order valence-electron chi connectivity index (χ3n) is 2.24. The van der Waals surface area contributed by atoms with Crippen LogP contribution in [0.15, 0.2) is 28.4 Å². The number of hydrogen-bond acceptors (Lipinski definition) is 6. The molecule has 0 heterocycles. The largest absolute Gasteiger partial charge is 1.00 e. The van der Waals surface area contributed by atoms with Crippen LogP contribution in [0.2, 0.25) is 0 Å². The molecular formula is C11H10N3NaO5. The van der Waals surface area contributed by atoms with Gasteiger partial charge in [0.1, 0.15) is 5.71 Å². The second-order valence-electron chi connectivity index (χ2n) is 3.65. The summed E-state index contributed by atoms with van der Waals surface area (Å²) in [7, 11) is 0. The van der Waals surface area contributed by atoms with E-state index in [9.17, 15) is 20.0 Å². The van der Waals surface area contributed by atoms with Gasteiger partial charge in [-0.1, -0.05) is 0 Å². The summed E-state index contributed by atoms with van der Waals surface area (Å²) in [5, 5.41) is 37.2. The number of aliphatic carboxylic acids is 1. The minimum Gasteiger partial charge on any atom is -0.857 e. The molecule has 0 spiro atoms. The van der Waals surface area contributed by atoms with Gasteiger partial charge in [-0.3, -0.25) is 10.1 Å². The summed E-state index contributed by atoms with van der Waals surface area (Å²) < 4.78 is 0. The Bertz CT molecular complexity index is 598. The molecule has 1 aromatic rings. The number of benzene rings is 1. The Kier molecular flexibility index (Phi) is 7.05. The SMILES string of the molecule is C/C(=N\N=C([O-])c1ccc([N+](=O)[O-])c(C)c1)C(=O)O.[Na+]. The molecular weight excluding hydrogens is 277 g/mol. The zero-order chi connectivity index (χ0) is 14.6. The van der Waals surface area contributed by atoms with Crippen molar-refractivity contribution in [2.45, 2.75) is 13.8 Å². The summed E-state index contributed by atoms with van der Waals surface area (Å²) in [6, 6.07) is 3.73. The molecule has 0 aliphatic heterocycles. The maximum atomic E-state index is 11.6. The van der Waals surface area contributed by atoms with Crippen LogP contribution in [-0.2, 0) is 4.79 Å². The van der Waals surface area contributed by atoms with E-state index in [4.69, 9.17) is 5.11 Å². The Morgan fingerprint density at radius 3 is 2.40 bits per heavy atom. The first-order valence-corrected chi connectivity index (χ1v) is 5.11. The van der Waals surface area contributed by atoms with Crippen molar-refractivity contribution in [3.05, 3.63) is 39.4 Å². The summed E-state index contributed by atoms with van der Waals surface area (Å²) in [5.74, 6) is -2.05. The van der Waals surface area contributed by atoms with Gasteiger partial charge in [0.25, 0.3) is 5.69 Å². The topological polar surface area (TPSA) is 128 Å². The Hall–Kier alpha value is -1.77. The van der Waals surface area contributed by atoms with Gasteiger partial charge in [0.05, 0.1) is 4.92 Å². The van der Waals surface area contributed by atoms with Gasteiger partial charge >= 0.3 is 35.5 Å². The van der Waals surface area contributed by atoms with E-state index in [0.717, 1.165) is 0 Å². The van der Waals surface area contributed by atoms with E-state index in [2.05, 4.69) is 10.2 Å². The first-order valence-electron chi connectivity index (χ1n) is 5.11. The summed E-state index contributed by atoms with van der Waals surface area (Å²) >= 11 is 0. The molecule has 0 amide bonds. The summed E-state index contributed by atoms with van der Waals surface area (Å²) in [6.07, 6.45) is 0. The summed E-state index contributed by atoms with van der Waals surface area (Å²) in [4.78, 5) is 20.5. The monoisotopic (exact) mass is 287 g/mol. The van der Waals surface area contributed by atoms with Gasteiger partial charge in [0, 0.05) is 17.5 Å². The van der Waals surface area contributed by atoms with E-state index in [0.29, 0.717) is 5.56 Å².